The van der Waals surface area contributed by atoms with Crippen LogP contribution in [-0.4, -0.2) is 4.57 Å². The van der Waals surface area contributed by atoms with Crippen molar-refractivity contribution in [3.05, 3.63) is 218 Å². The summed E-state index contributed by atoms with van der Waals surface area (Å²) in [5, 5.41) is 4.99. The molecule has 0 saturated heterocycles. The van der Waals surface area contributed by atoms with Gasteiger partial charge in [0.1, 0.15) is 0 Å². The van der Waals surface area contributed by atoms with E-state index in [1.807, 2.05) is 0 Å². The van der Waals surface area contributed by atoms with Gasteiger partial charge in [0.15, 0.2) is 0 Å². The fraction of sp³-hybridized carbons (Fsp3) is 0. The topological polar surface area (TPSA) is 8.17 Å². The molecule has 9 aromatic carbocycles. The van der Waals surface area contributed by atoms with Crippen LogP contribution in [0.2, 0.25) is 0 Å². The van der Waals surface area contributed by atoms with Gasteiger partial charge >= 0.3 is 0 Å². The second kappa shape index (κ2) is 13.4. The highest BCUT2D eigenvalue weighted by Gasteiger charge is 2.20. The molecule has 254 valence electrons. The lowest BCUT2D eigenvalue weighted by Gasteiger charge is -2.28. The highest BCUT2D eigenvalue weighted by molar-refractivity contribution is 6.10. The molecule has 0 amide bonds. The molecule has 0 radical (unpaired) electrons. The van der Waals surface area contributed by atoms with Crippen molar-refractivity contribution < 1.29 is 0 Å². The van der Waals surface area contributed by atoms with Crippen molar-refractivity contribution in [1.82, 2.24) is 4.57 Å². The van der Waals surface area contributed by atoms with Crippen LogP contribution < -0.4 is 4.90 Å². The first-order valence-electron chi connectivity index (χ1n) is 18.5. The van der Waals surface area contributed by atoms with Gasteiger partial charge in [-0.1, -0.05) is 170 Å². The van der Waals surface area contributed by atoms with Crippen LogP contribution in [0.3, 0.4) is 0 Å². The van der Waals surface area contributed by atoms with Gasteiger partial charge in [0.2, 0.25) is 0 Å². The molecule has 0 fully saturated rings. The Morgan fingerprint density at radius 3 is 1.48 bits per heavy atom. The summed E-state index contributed by atoms with van der Waals surface area (Å²) in [6.45, 7) is 0. The smallest absolute Gasteiger partial charge is 0.0541 e. The van der Waals surface area contributed by atoms with Crippen LogP contribution in [0.4, 0.5) is 17.1 Å². The second-order valence-electron chi connectivity index (χ2n) is 13.7. The molecule has 0 bridgehead atoms. The molecule has 2 nitrogen and oxygen atoms in total. The zero-order valence-electron chi connectivity index (χ0n) is 29.7. The summed E-state index contributed by atoms with van der Waals surface area (Å²) in [6, 6.07) is 78.8. The van der Waals surface area contributed by atoms with E-state index in [2.05, 4.69) is 228 Å². The van der Waals surface area contributed by atoms with E-state index in [-0.39, 0.29) is 0 Å². The Balaban J connectivity index is 1.12. The number of anilines is 3. The van der Waals surface area contributed by atoms with Crippen LogP contribution >= 0.6 is 0 Å². The number of hydrogen-bond acceptors (Lipinski definition) is 1. The average Bonchev–Trinajstić information content (AvgIpc) is 3.59. The Morgan fingerprint density at radius 2 is 0.778 bits per heavy atom. The molecule has 0 atom stereocenters. The highest BCUT2D eigenvalue weighted by atomic mass is 15.1. The van der Waals surface area contributed by atoms with Crippen LogP contribution in [0.5, 0.6) is 0 Å². The molecule has 54 heavy (non-hydrogen) atoms. The van der Waals surface area contributed by atoms with Gasteiger partial charge in [-0.25, -0.2) is 0 Å². The quantitative estimate of drug-likeness (QED) is 0.162. The number of para-hydroxylation sites is 4. The maximum absolute atomic E-state index is 2.41. The zero-order valence-corrected chi connectivity index (χ0v) is 29.7. The molecule has 2 heteroatoms. The minimum atomic E-state index is 1.09. The van der Waals surface area contributed by atoms with Crippen LogP contribution in [-0.2, 0) is 0 Å². The summed E-state index contributed by atoms with van der Waals surface area (Å²) in [5.74, 6) is 0. The van der Waals surface area contributed by atoms with Gasteiger partial charge in [0, 0.05) is 33.3 Å². The van der Waals surface area contributed by atoms with E-state index >= 15 is 0 Å². The molecule has 0 saturated carbocycles. The Labute approximate surface area is 315 Å². The average molecular weight is 689 g/mol. The van der Waals surface area contributed by atoms with Gasteiger partial charge in [-0.05, 0) is 81.6 Å². The molecule has 1 aromatic heterocycles. The van der Waals surface area contributed by atoms with Crippen LogP contribution in [0.15, 0.2) is 218 Å². The number of hydrogen-bond donors (Lipinski definition) is 0. The minimum Gasteiger partial charge on any atom is -0.310 e. The number of nitrogens with zero attached hydrogens (tertiary/aromatic N) is 2. The van der Waals surface area contributed by atoms with Crippen molar-refractivity contribution in [3.8, 4) is 39.1 Å². The molecule has 0 aliphatic heterocycles. The Hall–Kier alpha value is -7.16. The molecule has 10 aromatic rings. The molecule has 1 heterocycles. The predicted molar refractivity (Wildman–Crippen MR) is 229 cm³/mol. The summed E-state index contributed by atoms with van der Waals surface area (Å²) in [6.07, 6.45) is 0. The largest absolute Gasteiger partial charge is 0.310 e. The summed E-state index contributed by atoms with van der Waals surface area (Å²) in [4.78, 5) is 2.40. The van der Waals surface area contributed by atoms with Gasteiger partial charge in [-0.15, -0.1) is 0 Å². The molecule has 0 unspecified atom stereocenters. The standard InChI is InChI=1S/C52H36N2/c1-2-15-37(16-3-1)38-29-33-41(34-30-38)53(50-26-11-7-21-46(50)45-24-14-18-39-17-4-5-19-43(39)45)42-35-31-40(32-36-42)44-20-6-10-25-49(44)54-51-27-12-8-22-47(51)48-23-9-13-28-52(48)54/h1-36H. The van der Waals surface area contributed by atoms with Crippen molar-refractivity contribution in [1.29, 1.82) is 0 Å². The Morgan fingerprint density at radius 1 is 0.296 bits per heavy atom. The first kappa shape index (κ1) is 31.6. The molecule has 0 aliphatic rings. The predicted octanol–water partition coefficient (Wildman–Crippen LogP) is 14.4. The molecule has 0 N–H and O–H groups in total. The third-order valence-electron chi connectivity index (χ3n) is 10.6. The summed E-state index contributed by atoms with van der Waals surface area (Å²) < 4.78 is 2.41. The number of rotatable bonds is 7. The molecular formula is C52H36N2. The fourth-order valence-electron chi connectivity index (χ4n) is 8.10. The Kier molecular flexibility index (Phi) is 7.85. The summed E-state index contributed by atoms with van der Waals surface area (Å²) in [7, 11) is 0. The van der Waals surface area contributed by atoms with E-state index < -0.39 is 0 Å². The van der Waals surface area contributed by atoms with Gasteiger partial charge in [0.05, 0.1) is 22.4 Å². The SMILES string of the molecule is c1ccc(-c2ccc(N(c3ccc(-c4ccccc4-n4c5ccccc5c5ccccc54)cc3)c3ccccc3-c3cccc4ccccc34)cc2)cc1. The molecule has 0 spiro atoms. The minimum absolute atomic E-state index is 1.09. The van der Waals surface area contributed by atoms with E-state index in [9.17, 15) is 0 Å². The summed E-state index contributed by atoms with van der Waals surface area (Å²) >= 11 is 0. The lowest BCUT2D eigenvalue weighted by atomic mass is 9.96. The highest BCUT2D eigenvalue weighted by Crippen LogP contribution is 2.44. The second-order valence-corrected chi connectivity index (χ2v) is 13.7. The lowest BCUT2D eigenvalue weighted by Crippen LogP contribution is -2.11. The fourth-order valence-corrected chi connectivity index (χ4v) is 8.10. The third kappa shape index (κ3) is 5.44. The summed E-state index contributed by atoms with van der Waals surface area (Å²) in [5.41, 5.74) is 14.0. The van der Waals surface area contributed by atoms with Gasteiger partial charge in [-0.2, -0.15) is 0 Å². The number of fused-ring (bicyclic) bond motifs is 4. The third-order valence-corrected chi connectivity index (χ3v) is 10.6. The van der Waals surface area contributed by atoms with Crippen LogP contribution in [0.1, 0.15) is 0 Å². The number of aromatic nitrogens is 1. The maximum Gasteiger partial charge on any atom is 0.0541 e. The van der Waals surface area contributed by atoms with E-state index in [1.54, 1.807) is 0 Å². The van der Waals surface area contributed by atoms with Gasteiger partial charge in [0.25, 0.3) is 0 Å². The van der Waals surface area contributed by atoms with Crippen molar-refractivity contribution in [2.45, 2.75) is 0 Å². The van der Waals surface area contributed by atoms with Crippen LogP contribution in [0.25, 0.3) is 71.6 Å². The van der Waals surface area contributed by atoms with Crippen LogP contribution in [0, 0.1) is 0 Å². The lowest BCUT2D eigenvalue weighted by molar-refractivity contribution is 1.18. The zero-order chi connectivity index (χ0) is 35.8. The molecule has 0 aliphatic carbocycles. The Bertz CT molecular complexity index is 2860. The maximum atomic E-state index is 2.41. The van der Waals surface area contributed by atoms with E-state index in [1.165, 1.54) is 60.4 Å². The van der Waals surface area contributed by atoms with E-state index in [4.69, 9.17) is 0 Å². The monoisotopic (exact) mass is 688 g/mol. The normalized spacial score (nSPS) is 11.3. The van der Waals surface area contributed by atoms with E-state index in [0.717, 1.165) is 28.3 Å². The van der Waals surface area contributed by atoms with Crippen molar-refractivity contribution in [2.24, 2.45) is 0 Å². The molecule has 10 rings (SSSR count). The van der Waals surface area contributed by atoms with Crippen molar-refractivity contribution in [2.75, 3.05) is 4.90 Å². The van der Waals surface area contributed by atoms with Crippen molar-refractivity contribution >= 4 is 49.6 Å². The molecular weight excluding hydrogens is 653 g/mol. The van der Waals surface area contributed by atoms with Crippen molar-refractivity contribution in [3.63, 3.8) is 0 Å². The van der Waals surface area contributed by atoms with Gasteiger partial charge < -0.3 is 9.47 Å². The van der Waals surface area contributed by atoms with E-state index in [0.29, 0.717) is 0 Å². The van der Waals surface area contributed by atoms with Gasteiger partial charge in [-0.3, -0.25) is 0 Å². The number of benzene rings is 9. The first-order chi connectivity index (χ1) is 26.8. The first-order valence-corrected chi connectivity index (χ1v) is 18.5.